The Bertz CT molecular complexity index is 781. The van der Waals surface area contributed by atoms with Crippen LogP contribution in [0, 0.1) is 13.8 Å². The van der Waals surface area contributed by atoms with Crippen molar-refractivity contribution in [1.29, 1.82) is 0 Å². The highest BCUT2D eigenvalue weighted by molar-refractivity contribution is 6.06. The molecule has 0 saturated carbocycles. The molecule has 0 aliphatic carbocycles. The topological polar surface area (TPSA) is 63.1 Å². The third-order valence-corrected chi connectivity index (χ3v) is 4.66. The monoisotopic (exact) mass is 351 g/mol. The zero-order chi connectivity index (χ0) is 18.1. The van der Waals surface area contributed by atoms with Gasteiger partial charge in [-0.25, -0.2) is 13.8 Å². The lowest BCUT2D eigenvalue weighted by molar-refractivity contribution is 0.0696. The number of nitrogens with zero attached hydrogens (tertiary/aromatic N) is 4. The number of hydrogen-bond acceptors (Lipinski definition) is 4. The molecule has 3 heterocycles. The van der Waals surface area contributed by atoms with Gasteiger partial charge in [0.15, 0.2) is 5.65 Å². The predicted molar refractivity (Wildman–Crippen MR) is 90.9 cm³/mol. The van der Waals surface area contributed by atoms with E-state index in [-0.39, 0.29) is 18.5 Å². The number of hydrogen-bond donors (Lipinski definition) is 1. The Morgan fingerprint density at radius 1 is 1.36 bits per heavy atom. The Labute approximate surface area is 145 Å². The van der Waals surface area contributed by atoms with Gasteiger partial charge in [0.1, 0.15) is 0 Å². The van der Waals surface area contributed by atoms with E-state index in [2.05, 4.69) is 15.4 Å². The second kappa shape index (κ2) is 7.03. The lowest BCUT2D eigenvalue weighted by Gasteiger charge is -2.32. The van der Waals surface area contributed by atoms with E-state index in [1.165, 1.54) is 0 Å². The summed E-state index contributed by atoms with van der Waals surface area (Å²) in [6.45, 7) is 4.66. The van der Waals surface area contributed by atoms with Crippen molar-refractivity contribution in [3.63, 3.8) is 0 Å². The minimum atomic E-state index is -2.31. The molecular formula is C17H23F2N5O. The third-order valence-electron chi connectivity index (χ3n) is 4.66. The van der Waals surface area contributed by atoms with Crippen LogP contribution >= 0.6 is 0 Å². The maximum absolute atomic E-state index is 12.8. The van der Waals surface area contributed by atoms with Crippen LogP contribution < -0.4 is 5.32 Å². The molecule has 1 fully saturated rings. The maximum Gasteiger partial charge on any atom is 0.252 e. The summed E-state index contributed by atoms with van der Waals surface area (Å²) in [6.07, 6.45) is -0.956. The number of nitrogens with one attached hydrogen (secondary N) is 1. The zero-order valence-electron chi connectivity index (χ0n) is 14.7. The average molecular weight is 351 g/mol. The molecule has 136 valence electrons. The first-order valence-electron chi connectivity index (χ1n) is 8.47. The lowest BCUT2D eigenvalue weighted by Crippen LogP contribution is -2.45. The third kappa shape index (κ3) is 3.78. The number of carbonyl (C=O) groups is 1. The Hall–Kier alpha value is -2.09. The van der Waals surface area contributed by atoms with Crippen molar-refractivity contribution in [3.05, 3.63) is 23.0 Å². The fourth-order valence-electron chi connectivity index (χ4n) is 3.47. The summed E-state index contributed by atoms with van der Waals surface area (Å²) in [6, 6.07) is 1.78. The van der Waals surface area contributed by atoms with Gasteiger partial charge < -0.3 is 5.32 Å². The largest absolute Gasteiger partial charge is 0.349 e. The highest BCUT2D eigenvalue weighted by Crippen LogP contribution is 2.22. The van der Waals surface area contributed by atoms with Crippen LogP contribution in [0.4, 0.5) is 8.78 Å². The number of amides is 1. The number of aryl methyl sites for hydroxylation is 3. The summed E-state index contributed by atoms with van der Waals surface area (Å²) >= 11 is 0. The van der Waals surface area contributed by atoms with E-state index < -0.39 is 6.43 Å². The van der Waals surface area contributed by atoms with Gasteiger partial charge in [-0.05, 0) is 32.8 Å². The summed E-state index contributed by atoms with van der Waals surface area (Å²) in [5, 5.41) is 8.17. The number of halogens is 2. The SMILES string of the molecule is Cc1cc(C(=O)NC2CCN(CC(F)F)CC2)c2c(C)nn(C)c2n1. The summed E-state index contributed by atoms with van der Waals surface area (Å²) < 4.78 is 26.6. The molecular weight excluding hydrogens is 328 g/mol. The van der Waals surface area contributed by atoms with Gasteiger partial charge >= 0.3 is 0 Å². The minimum absolute atomic E-state index is 0.00178. The molecule has 1 amide bonds. The molecule has 1 N–H and O–H groups in total. The van der Waals surface area contributed by atoms with Crippen molar-refractivity contribution >= 4 is 16.9 Å². The smallest absolute Gasteiger partial charge is 0.252 e. The van der Waals surface area contributed by atoms with Gasteiger partial charge in [-0.3, -0.25) is 14.4 Å². The molecule has 0 bridgehead atoms. The number of aromatic nitrogens is 3. The second-order valence-electron chi connectivity index (χ2n) is 6.66. The van der Waals surface area contributed by atoms with E-state index in [1.54, 1.807) is 15.6 Å². The fourth-order valence-corrected chi connectivity index (χ4v) is 3.47. The highest BCUT2D eigenvalue weighted by Gasteiger charge is 2.24. The van der Waals surface area contributed by atoms with E-state index >= 15 is 0 Å². The van der Waals surface area contributed by atoms with E-state index in [0.29, 0.717) is 37.1 Å². The van der Waals surface area contributed by atoms with Gasteiger partial charge in [0, 0.05) is 31.9 Å². The van der Waals surface area contributed by atoms with Crippen LogP contribution in [0.2, 0.25) is 0 Å². The predicted octanol–water partition coefficient (Wildman–Crippen LogP) is 2.04. The van der Waals surface area contributed by atoms with Crippen LogP contribution in [-0.4, -0.2) is 57.7 Å². The first-order valence-corrected chi connectivity index (χ1v) is 8.47. The second-order valence-corrected chi connectivity index (χ2v) is 6.66. The van der Waals surface area contributed by atoms with Crippen LogP contribution in [0.1, 0.15) is 34.6 Å². The van der Waals surface area contributed by atoms with Gasteiger partial charge in [0.25, 0.3) is 12.3 Å². The number of fused-ring (bicyclic) bond motifs is 1. The number of rotatable bonds is 4. The van der Waals surface area contributed by atoms with Crippen molar-refractivity contribution < 1.29 is 13.6 Å². The molecule has 0 spiro atoms. The van der Waals surface area contributed by atoms with Gasteiger partial charge in [-0.2, -0.15) is 5.10 Å². The van der Waals surface area contributed by atoms with E-state index in [9.17, 15) is 13.6 Å². The molecule has 0 unspecified atom stereocenters. The molecule has 1 aliphatic heterocycles. The molecule has 3 rings (SSSR count). The standard InChI is InChI=1S/C17H23F2N5O/c1-10-8-13(15-11(2)22-23(3)16(15)20-10)17(25)21-12-4-6-24(7-5-12)9-14(18)19/h8,12,14H,4-7,9H2,1-3H3,(H,21,25). The summed E-state index contributed by atoms with van der Waals surface area (Å²) in [5.74, 6) is -0.154. The molecule has 1 aliphatic rings. The molecule has 2 aromatic heterocycles. The normalized spacial score (nSPS) is 16.7. The molecule has 0 atom stereocenters. The van der Waals surface area contributed by atoms with Gasteiger partial charge in [-0.1, -0.05) is 0 Å². The quantitative estimate of drug-likeness (QED) is 0.916. The van der Waals surface area contributed by atoms with Crippen LogP contribution in [0.15, 0.2) is 6.07 Å². The van der Waals surface area contributed by atoms with Gasteiger partial charge in [-0.15, -0.1) is 0 Å². The molecule has 8 heteroatoms. The van der Waals surface area contributed by atoms with Crippen molar-refractivity contribution in [3.8, 4) is 0 Å². The van der Waals surface area contributed by atoms with Gasteiger partial charge in [0.05, 0.1) is 23.2 Å². The number of pyridine rings is 1. The molecule has 0 aromatic carbocycles. The molecule has 0 radical (unpaired) electrons. The van der Waals surface area contributed by atoms with Gasteiger partial charge in [0.2, 0.25) is 0 Å². The zero-order valence-corrected chi connectivity index (χ0v) is 14.7. The number of likely N-dealkylation sites (tertiary alicyclic amines) is 1. The van der Waals surface area contributed by atoms with Crippen LogP contribution in [-0.2, 0) is 7.05 Å². The Balaban J connectivity index is 1.73. The maximum atomic E-state index is 12.8. The fraction of sp³-hybridized carbons (Fsp3) is 0.588. The molecule has 1 saturated heterocycles. The van der Waals surface area contributed by atoms with Crippen LogP contribution in [0.3, 0.4) is 0 Å². The first kappa shape index (κ1) is 17.7. The number of carbonyl (C=O) groups excluding carboxylic acids is 1. The summed E-state index contributed by atoms with van der Waals surface area (Å²) in [4.78, 5) is 19.0. The van der Waals surface area contributed by atoms with Crippen molar-refractivity contribution in [2.45, 2.75) is 39.2 Å². The Kier molecular flexibility index (Phi) is 4.99. The average Bonchev–Trinajstić information content (AvgIpc) is 2.82. The number of piperidine rings is 1. The first-order chi connectivity index (χ1) is 11.8. The number of alkyl halides is 2. The highest BCUT2D eigenvalue weighted by atomic mass is 19.3. The molecule has 2 aromatic rings. The van der Waals surface area contributed by atoms with Crippen molar-refractivity contribution in [2.75, 3.05) is 19.6 Å². The van der Waals surface area contributed by atoms with E-state index in [1.807, 2.05) is 20.9 Å². The lowest BCUT2D eigenvalue weighted by atomic mass is 10.0. The van der Waals surface area contributed by atoms with Crippen molar-refractivity contribution in [2.24, 2.45) is 7.05 Å². The molecule has 25 heavy (non-hydrogen) atoms. The Morgan fingerprint density at radius 3 is 2.68 bits per heavy atom. The Morgan fingerprint density at radius 2 is 2.04 bits per heavy atom. The summed E-state index contributed by atoms with van der Waals surface area (Å²) in [5.41, 5.74) is 2.78. The van der Waals surface area contributed by atoms with Crippen LogP contribution in [0.5, 0.6) is 0 Å². The summed E-state index contributed by atoms with van der Waals surface area (Å²) in [7, 11) is 1.81. The van der Waals surface area contributed by atoms with Crippen molar-refractivity contribution in [1.82, 2.24) is 25.0 Å². The minimum Gasteiger partial charge on any atom is -0.349 e. The van der Waals surface area contributed by atoms with Crippen LogP contribution in [0.25, 0.3) is 11.0 Å². The van der Waals surface area contributed by atoms with E-state index in [0.717, 1.165) is 16.8 Å². The molecule has 6 nitrogen and oxygen atoms in total. The van der Waals surface area contributed by atoms with E-state index in [4.69, 9.17) is 0 Å².